The van der Waals surface area contributed by atoms with E-state index in [4.69, 9.17) is 5.41 Å². The summed E-state index contributed by atoms with van der Waals surface area (Å²) in [5.41, 5.74) is -2.67. The molecule has 0 aromatic heterocycles. The predicted octanol–water partition coefficient (Wildman–Crippen LogP) is 6.31. The second-order valence-electron chi connectivity index (χ2n) is 8.59. The topological polar surface area (TPSA) is 73.3 Å². The largest absolute Gasteiger partial charge is 0.416 e. The highest BCUT2D eigenvalue weighted by Gasteiger charge is 2.37. The van der Waals surface area contributed by atoms with Crippen LogP contribution in [-0.2, 0) is 17.1 Å². The standard InChI is InChI=1S/C27H23F6N3O2/c1-16(2)36(22-11-7-6-10-21(22)24(34)17-8-4-3-5-9-17)23(37)15-35-25(38)18-12-19(26(28,29)30)14-20(13-18)27(31,32)33/h3-14,16,34H,15H2,1-2H3,(H,35,38). The number of anilines is 1. The summed E-state index contributed by atoms with van der Waals surface area (Å²) in [4.78, 5) is 27.0. The molecule has 0 aliphatic heterocycles. The Morgan fingerprint density at radius 3 is 1.87 bits per heavy atom. The van der Waals surface area contributed by atoms with E-state index in [-0.39, 0.29) is 11.8 Å². The number of benzene rings is 3. The molecule has 38 heavy (non-hydrogen) atoms. The fraction of sp³-hybridized carbons (Fsp3) is 0.222. The van der Waals surface area contributed by atoms with Crippen molar-refractivity contribution in [1.29, 1.82) is 5.41 Å². The van der Waals surface area contributed by atoms with Gasteiger partial charge in [0.05, 0.1) is 29.1 Å². The lowest BCUT2D eigenvalue weighted by atomic mass is 9.99. The number of carbonyl (C=O) groups is 2. The Bertz CT molecular complexity index is 1300. The average Bonchev–Trinajstić information content (AvgIpc) is 2.86. The van der Waals surface area contributed by atoms with Crippen molar-refractivity contribution in [2.24, 2.45) is 0 Å². The molecule has 0 spiro atoms. The molecule has 2 amide bonds. The lowest BCUT2D eigenvalue weighted by Crippen LogP contribution is -2.44. The number of rotatable bonds is 7. The van der Waals surface area contributed by atoms with Gasteiger partial charge in [0.1, 0.15) is 0 Å². The quantitative estimate of drug-likeness (QED) is 0.275. The van der Waals surface area contributed by atoms with E-state index in [1.165, 1.54) is 4.90 Å². The van der Waals surface area contributed by atoms with Gasteiger partial charge in [-0.15, -0.1) is 0 Å². The van der Waals surface area contributed by atoms with E-state index in [1.54, 1.807) is 68.4 Å². The van der Waals surface area contributed by atoms with Crippen molar-refractivity contribution < 1.29 is 35.9 Å². The summed E-state index contributed by atoms with van der Waals surface area (Å²) < 4.78 is 78.9. The Hall–Kier alpha value is -4.15. The fourth-order valence-corrected chi connectivity index (χ4v) is 3.79. The van der Waals surface area contributed by atoms with Crippen LogP contribution in [0.15, 0.2) is 72.8 Å². The molecule has 0 radical (unpaired) electrons. The minimum Gasteiger partial charge on any atom is -0.343 e. The Labute approximate surface area is 214 Å². The van der Waals surface area contributed by atoms with E-state index in [9.17, 15) is 35.9 Å². The summed E-state index contributed by atoms with van der Waals surface area (Å²) >= 11 is 0. The van der Waals surface area contributed by atoms with Crippen LogP contribution < -0.4 is 10.2 Å². The normalized spacial score (nSPS) is 11.8. The molecule has 5 nitrogen and oxygen atoms in total. The minimum atomic E-state index is -5.12. The molecule has 200 valence electrons. The zero-order valence-electron chi connectivity index (χ0n) is 20.2. The van der Waals surface area contributed by atoms with Crippen molar-refractivity contribution in [2.45, 2.75) is 32.2 Å². The van der Waals surface area contributed by atoms with Crippen LogP contribution in [0.4, 0.5) is 32.0 Å². The Morgan fingerprint density at radius 1 is 0.816 bits per heavy atom. The van der Waals surface area contributed by atoms with E-state index >= 15 is 0 Å². The number of halogens is 6. The average molecular weight is 535 g/mol. The number of carbonyl (C=O) groups excluding carboxylic acids is 2. The Balaban J connectivity index is 1.87. The second-order valence-corrected chi connectivity index (χ2v) is 8.59. The molecule has 0 atom stereocenters. The summed E-state index contributed by atoms with van der Waals surface area (Å²) in [5.74, 6) is -1.95. The van der Waals surface area contributed by atoms with Gasteiger partial charge in [-0.05, 0) is 38.1 Å². The maximum absolute atomic E-state index is 13.2. The molecule has 0 heterocycles. The summed E-state index contributed by atoms with van der Waals surface area (Å²) in [7, 11) is 0. The molecule has 0 aliphatic rings. The highest BCUT2D eigenvalue weighted by Crippen LogP contribution is 2.36. The minimum absolute atomic E-state index is 0.0823. The molecular weight excluding hydrogens is 512 g/mol. The third-order valence-electron chi connectivity index (χ3n) is 5.53. The van der Waals surface area contributed by atoms with Gasteiger partial charge in [-0.3, -0.25) is 15.0 Å². The van der Waals surface area contributed by atoms with Gasteiger partial charge in [0.2, 0.25) is 5.91 Å². The van der Waals surface area contributed by atoms with Crippen LogP contribution in [0.2, 0.25) is 0 Å². The molecular formula is C27H23F6N3O2. The lowest BCUT2D eigenvalue weighted by molar-refractivity contribution is -0.143. The Kier molecular flexibility index (Phi) is 8.28. The van der Waals surface area contributed by atoms with Crippen LogP contribution >= 0.6 is 0 Å². The molecule has 0 aliphatic carbocycles. The smallest absolute Gasteiger partial charge is 0.343 e. The molecule has 3 aromatic carbocycles. The molecule has 0 saturated heterocycles. The van der Waals surface area contributed by atoms with Crippen LogP contribution in [0.25, 0.3) is 0 Å². The van der Waals surface area contributed by atoms with Crippen molar-refractivity contribution in [3.8, 4) is 0 Å². The van der Waals surface area contributed by atoms with Crippen molar-refractivity contribution in [2.75, 3.05) is 11.4 Å². The van der Waals surface area contributed by atoms with Gasteiger partial charge in [0, 0.05) is 22.7 Å². The zero-order chi connectivity index (χ0) is 28.3. The summed E-state index contributed by atoms with van der Waals surface area (Å²) in [6.45, 7) is 2.66. The lowest BCUT2D eigenvalue weighted by Gasteiger charge is -2.29. The predicted molar refractivity (Wildman–Crippen MR) is 130 cm³/mol. The number of hydrogen-bond acceptors (Lipinski definition) is 3. The van der Waals surface area contributed by atoms with E-state index in [1.807, 2.05) is 0 Å². The Morgan fingerprint density at radius 2 is 1.34 bits per heavy atom. The first kappa shape index (κ1) is 28.4. The van der Waals surface area contributed by atoms with Gasteiger partial charge in [0.25, 0.3) is 5.91 Å². The first-order valence-electron chi connectivity index (χ1n) is 11.3. The molecule has 2 N–H and O–H groups in total. The van der Waals surface area contributed by atoms with Gasteiger partial charge in [0.15, 0.2) is 0 Å². The number of para-hydroxylation sites is 1. The number of nitrogens with one attached hydrogen (secondary N) is 2. The molecule has 0 unspecified atom stereocenters. The van der Waals surface area contributed by atoms with Crippen LogP contribution in [0.5, 0.6) is 0 Å². The molecule has 3 rings (SSSR count). The van der Waals surface area contributed by atoms with Crippen molar-refractivity contribution >= 4 is 23.2 Å². The van der Waals surface area contributed by atoms with Crippen LogP contribution in [0.3, 0.4) is 0 Å². The van der Waals surface area contributed by atoms with E-state index in [0.29, 0.717) is 28.9 Å². The van der Waals surface area contributed by atoms with E-state index in [2.05, 4.69) is 5.32 Å². The van der Waals surface area contributed by atoms with E-state index < -0.39 is 53.4 Å². The van der Waals surface area contributed by atoms with Crippen molar-refractivity contribution in [3.05, 3.63) is 101 Å². The van der Waals surface area contributed by atoms with Gasteiger partial charge < -0.3 is 10.2 Å². The SMILES string of the molecule is CC(C)N(C(=O)CNC(=O)c1cc(C(F)(F)F)cc(C(F)(F)F)c1)c1ccccc1C(=N)c1ccccc1. The number of amides is 2. The van der Waals surface area contributed by atoms with E-state index in [0.717, 1.165) is 0 Å². The van der Waals surface area contributed by atoms with Crippen molar-refractivity contribution in [1.82, 2.24) is 5.32 Å². The third kappa shape index (κ3) is 6.58. The van der Waals surface area contributed by atoms with Crippen LogP contribution in [0, 0.1) is 5.41 Å². The first-order valence-corrected chi connectivity index (χ1v) is 11.3. The molecule has 11 heteroatoms. The maximum Gasteiger partial charge on any atom is 0.416 e. The van der Waals surface area contributed by atoms with Gasteiger partial charge in [-0.2, -0.15) is 26.3 Å². The van der Waals surface area contributed by atoms with Gasteiger partial charge in [-0.25, -0.2) is 0 Å². The summed E-state index contributed by atoms with van der Waals surface area (Å²) in [6.07, 6.45) is -10.2. The fourth-order valence-electron chi connectivity index (χ4n) is 3.79. The monoisotopic (exact) mass is 535 g/mol. The summed E-state index contributed by atoms with van der Waals surface area (Å²) in [6, 6.07) is 15.4. The maximum atomic E-state index is 13.2. The molecule has 0 saturated carbocycles. The first-order chi connectivity index (χ1) is 17.7. The highest BCUT2D eigenvalue weighted by molar-refractivity contribution is 6.16. The van der Waals surface area contributed by atoms with Crippen LogP contribution in [0.1, 0.15) is 46.5 Å². The van der Waals surface area contributed by atoms with Crippen molar-refractivity contribution in [3.63, 3.8) is 0 Å². The molecule has 0 bridgehead atoms. The number of nitrogens with zero attached hydrogens (tertiary/aromatic N) is 1. The second kappa shape index (κ2) is 11.1. The number of alkyl halides is 6. The van der Waals surface area contributed by atoms with Crippen LogP contribution in [-0.4, -0.2) is 30.1 Å². The molecule has 0 fully saturated rings. The zero-order valence-corrected chi connectivity index (χ0v) is 20.2. The number of hydrogen-bond donors (Lipinski definition) is 2. The highest BCUT2D eigenvalue weighted by atomic mass is 19.4. The summed E-state index contributed by atoms with van der Waals surface area (Å²) in [5, 5.41) is 10.7. The third-order valence-corrected chi connectivity index (χ3v) is 5.53. The molecule has 3 aromatic rings. The van der Waals surface area contributed by atoms with Gasteiger partial charge in [-0.1, -0.05) is 48.5 Å². The van der Waals surface area contributed by atoms with Gasteiger partial charge >= 0.3 is 12.4 Å².